The SMILES string of the molecule is CCN1CCCC1CN(C)C(=O)CC(C)C1CCNCC1.Cl.Cl. The number of hydrogen-bond acceptors (Lipinski definition) is 3. The summed E-state index contributed by atoms with van der Waals surface area (Å²) in [6.45, 7) is 9.94. The smallest absolute Gasteiger partial charge is 0.222 e. The van der Waals surface area contributed by atoms with E-state index >= 15 is 0 Å². The van der Waals surface area contributed by atoms with Gasteiger partial charge in [-0.05, 0) is 63.7 Å². The van der Waals surface area contributed by atoms with E-state index in [9.17, 15) is 4.79 Å². The van der Waals surface area contributed by atoms with Gasteiger partial charge in [0.05, 0.1) is 0 Å². The third kappa shape index (κ3) is 6.77. The lowest BCUT2D eigenvalue weighted by molar-refractivity contribution is -0.131. The maximum atomic E-state index is 12.5. The third-order valence-electron chi connectivity index (χ3n) is 5.50. The molecule has 23 heavy (non-hydrogen) atoms. The third-order valence-corrected chi connectivity index (χ3v) is 5.50. The first-order valence-corrected chi connectivity index (χ1v) is 8.80. The van der Waals surface area contributed by atoms with E-state index in [0.29, 0.717) is 17.9 Å². The van der Waals surface area contributed by atoms with Crippen LogP contribution in [0.1, 0.15) is 46.0 Å². The van der Waals surface area contributed by atoms with Crippen molar-refractivity contribution in [2.24, 2.45) is 11.8 Å². The molecular formula is C17H35Cl2N3O. The van der Waals surface area contributed by atoms with E-state index in [-0.39, 0.29) is 24.8 Å². The van der Waals surface area contributed by atoms with E-state index in [2.05, 4.69) is 24.1 Å². The van der Waals surface area contributed by atoms with E-state index in [1.54, 1.807) is 0 Å². The number of rotatable bonds is 6. The van der Waals surface area contributed by atoms with Gasteiger partial charge >= 0.3 is 0 Å². The van der Waals surface area contributed by atoms with Crippen molar-refractivity contribution >= 4 is 30.7 Å². The van der Waals surface area contributed by atoms with Crippen molar-refractivity contribution < 1.29 is 4.79 Å². The van der Waals surface area contributed by atoms with Gasteiger partial charge in [0.2, 0.25) is 5.91 Å². The quantitative estimate of drug-likeness (QED) is 0.783. The minimum atomic E-state index is 0. The first kappa shape index (κ1) is 23.0. The molecule has 1 amide bonds. The highest BCUT2D eigenvalue weighted by molar-refractivity contribution is 5.85. The fourth-order valence-corrected chi connectivity index (χ4v) is 3.95. The molecule has 2 saturated heterocycles. The molecule has 0 radical (unpaired) electrons. The number of piperidine rings is 1. The van der Waals surface area contributed by atoms with Gasteiger partial charge < -0.3 is 10.2 Å². The molecule has 0 aromatic heterocycles. The Morgan fingerprint density at radius 2 is 1.91 bits per heavy atom. The molecule has 0 aromatic rings. The standard InChI is InChI=1S/C17H33N3O.2ClH/c1-4-20-11-5-6-16(20)13-19(3)17(21)12-14(2)15-7-9-18-10-8-15;;/h14-16,18H,4-13H2,1-3H3;2*1H. The summed E-state index contributed by atoms with van der Waals surface area (Å²) in [4.78, 5) is 17.0. The maximum absolute atomic E-state index is 12.5. The predicted octanol–water partition coefficient (Wildman–Crippen LogP) is 2.80. The molecule has 2 atom stereocenters. The molecule has 6 heteroatoms. The molecule has 2 aliphatic rings. The number of hydrogen-bond donors (Lipinski definition) is 1. The summed E-state index contributed by atoms with van der Waals surface area (Å²) in [7, 11) is 1.99. The van der Waals surface area contributed by atoms with Crippen LogP contribution in [0, 0.1) is 11.8 Å². The van der Waals surface area contributed by atoms with Crippen LogP contribution in [0.2, 0.25) is 0 Å². The Balaban J connectivity index is 0.00000242. The number of carbonyl (C=O) groups excluding carboxylic acids is 1. The highest BCUT2D eigenvalue weighted by atomic mass is 35.5. The van der Waals surface area contributed by atoms with Gasteiger partial charge in [-0.15, -0.1) is 24.8 Å². The lowest BCUT2D eigenvalue weighted by atomic mass is 9.84. The summed E-state index contributed by atoms with van der Waals surface area (Å²) in [6, 6.07) is 0.582. The lowest BCUT2D eigenvalue weighted by Crippen LogP contribution is -2.42. The molecule has 4 nitrogen and oxygen atoms in total. The van der Waals surface area contributed by atoms with Gasteiger partial charge in [-0.3, -0.25) is 9.69 Å². The Hall–Kier alpha value is -0.0300. The number of nitrogens with one attached hydrogen (secondary N) is 1. The van der Waals surface area contributed by atoms with Gasteiger partial charge in [-0.2, -0.15) is 0 Å². The number of carbonyl (C=O) groups is 1. The second kappa shape index (κ2) is 11.5. The van der Waals surface area contributed by atoms with Crippen LogP contribution in [0.15, 0.2) is 0 Å². The summed E-state index contributed by atoms with van der Waals surface area (Å²) in [6.07, 6.45) is 5.70. The van der Waals surface area contributed by atoms with Gasteiger partial charge in [-0.1, -0.05) is 13.8 Å². The average Bonchev–Trinajstić information content (AvgIpc) is 2.95. The molecule has 138 valence electrons. The number of likely N-dealkylation sites (tertiary alicyclic amines) is 1. The average molecular weight is 368 g/mol. The van der Waals surface area contributed by atoms with E-state index < -0.39 is 0 Å². The fraction of sp³-hybridized carbons (Fsp3) is 0.941. The molecule has 2 heterocycles. The maximum Gasteiger partial charge on any atom is 0.222 e. The molecule has 0 saturated carbocycles. The monoisotopic (exact) mass is 367 g/mol. The molecule has 1 N–H and O–H groups in total. The Kier molecular flexibility index (Phi) is 11.5. The molecule has 0 aromatic carbocycles. The van der Waals surface area contributed by atoms with Crippen molar-refractivity contribution in [1.82, 2.24) is 15.1 Å². The topological polar surface area (TPSA) is 35.6 Å². The highest BCUT2D eigenvalue weighted by Crippen LogP contribution is 2.25. The van der Waals surface area contributed by atoms with Crippen LogP contribution in [0.3, 0.4) is 0 Å². The summed E-state index contributed by atoms with van der Waals surface area (Å²) in [5, 5.41) is 3.40. The number of amides is 1. The zero-order valence-corrected chi connectivity index (χ0v) is 16.6. The van der Waals surface area contributed by atoms with Crippen LogP contribution in [-0.4, -0.2) is 61.5 Å². The Labute approximate surface area is 154 Å². The zero-order chi connectivity index (χ0) is 15.2. The highest BCUT2D eigenvalue weighted by Gasteiger charge is 2.27. The van der Waals surface area contributed by atoms with Gasteiger partial charge in [0.1, 0.15) is 0 Å². The van der Waals surface area contributed by atoms with Crippen LogP contribution < -0.4 is 5.32 Å². The normalized spacial score (nSPS) is 23.7. The fourth-order valence-electron chi connectivity index (χ4n) is 3.95. The first-order chi connectivity index (χ1) is 10.1. The van der Waals surface area contributed by atoms with Crippen LogP contribution >= 0.6 is 24.8 Å². The van der Waals surface area contributed by atoms with Crippen molar-refractivity contribution in [3.05, 3.63) is 0 Å². The largest absolute Gasteiger partial charge is 0.344 e. The molecule has 0 bridgehead atoms. The predicted molar refractivity (Wildman–Crippen MR) is 102 cm³/mol. The molecule has 2 fully saturated rings. The van der Waals surface area contributed by atoms with Gasteiger partial charge in [0.15, 0.2) is 0 Å². The molecule has 2 unspecified atom stereocenters. The summed E-state index contributed by atoms with van der Waals surface area (Å²) in [5.41, 5.74) is 0. The van der Waals surface area contributed by atoms with E-state index in [4.69, 9.17) is 0 Å². The second-order valence-electron chi connectivity index (χ2n) is 6.97. The number of halogens is 2. The van der Waals surface area contributed by atoms with E-state index in [0.717, 1.165) is 38.5 Å². The van der Waals surface area contributed by atoms with Crippen molar-refractivity contribution in [1.29, 1.82) is 0 Å². The second-order valence-corrected chi connectivity index (χ2v) is 6.97. The molecule has 0 aliphatic carbocycles. The first-order valence-electron chi connectivity index (χ1n) is 8.80. The van der Waals surface area contributed by atoms with Crippen molar-refractivity contribution in [3.63, 3.8) is 0 Å². The summed E-state index contributed by atoms with van der Waals surface area (Å²) >= 11 is 0. The Morgan fingerprint density at radius 1 is 1.26 bits per heavy atom. The minimum absolute atomic E-state index is 0. The Morgan fingerprint density at radius 3 is 2.52 bits per heavy atom. The summed E-state index contributed by atoms with van der Waals surface area (Å²) < 4.78 is 0. The molecular weight excluding hydrogens is 333 g/mol. The summed E-state index contributed by atoms with van der Waals surface area (Å²) in [5.74, 6) is 1.58. The van der Waals surface area contributed by atoms with Crippen LogP contribution in [-0.2, 0) is 4.79 Å². The molecule has 2 aliphatic heterocycles. The van der Waals surface area contributed by atoms with Gasteiger partial charge in [0.25, 0.3) is 0 Å². The molecule has 2 rings (SSSR count). The van der Waals surface area contributed by atoms with Gasteiger partial charge in [0, 0.05) is 26.1 Å². The van der Waals surface area contributed by atoms with Crippen LogP contribution in [0.25, 0.3) is 0 Å². The van der Waals surface area contributed by atoms with Crippen LogP contribution in [0.5, 0.6) is 0 Å². The lowest BCUT2D eigenvalue weighted by Gasteiger charge is -2.31. The Bertz CT molecular complexity index is 338. The van der Waals surface area contributed by atoms with Gasteiger partial charge in [-0.25, -0.2) is 0 Å². The van der Waals surface area contributed by atoms with Crippen molar-refractivity contribution in [2.45, 2.75) is 52.0 Å². The molecule has 0 spiro atoms. The number of likely N-dealkylation sites (N-methyl/N-ethyl adjacent to an activating group) is 2. The van der Waals surface area contributed by atoms with Crippen molar-refractivity contribution in [3.8, 4) is 0 Å². The van der Waals surface area contributed by atoms with Crippen molar-refractivity contribution in [2.75, 3.05) is 39.8 Å². The number of nitrogens with zero attached hydrogens (tertiary/aromatic N) is 2. The zero-order valence-electron chi connectivity index (χ0n) is 14.9. The van der Waals surface area contributed by atoms with E-state index in [1.807, 2.05) is 11.9 Å². The van der Waals surface area contributed by atoms with Crippen LogP contribution in [0.4, 0.5) is 0 Å². The van der Waals surface area contributed by atoms with E-state index in [1.165, 1.54) is 32.2 Å². The minimum Gasteiger partial charge on any atom is -0.344 e.